The lowest BCUT2D eigenvalue weighted by Crippen LogP contribution is -2.21. The lowest BCUT2D eigenvalue weighted by atomic mass is 10.1. The summed E-state index contributed by atoms with van der Waals surface area (Å²) in [6.45, 7) is 0. The summed E-state index contributed by atoms with van der Waals surface area (Å²) < 4.78 is 2.96. The number of aryl methyl sites for hydroxylation is 1. The third kappa shape index (κ3) is 3.47. The number of benzene rings is 1. The third-order valence-corrected chi connectivity index (χ3v) is 4.89. The van der Waals surface area contributed by atoms with Gasteiger partial charge in [-0.25, -0.2) is 9.67 Å². The molecule has 0 unspecified atom stereocenters. The number of anilines is 1. The van der Waals surface area contributed by atoms with Gasteiger partial charge in [0.2, 0.25) is 5.91 Å². The summed E-state index contributed by atoms with van der Waals surface area (Å²) in [5, 5.41) is 18.4. The Morgan fingerprint density at radius 3 is 2.93 bits per heavy atom. The summed E-state index contributed by atoms with van der Waals surface area (Å²) in [5.74, 6) is -0.207. The molecule has 1 N–H and O–H groups in total. The Hall–Kier alpha value is -3.40. The second kappa shape index (κ2) is 7.08. The Bertz CT molecular complexity index is 1100. The van der Waals surface area contributed by atoms with E-state index in [-0.39, 0.29) is 23.9 Å². The molecule has 4 rings (SSSR count). The zero-order chi connectivity index (χ0) is 18.8. The number of hydrogen-bond acceptors (Lipinski definition) is 7. The number of thiophene rings is 1. The normalized spacial score (nSPS) is 12.2. The van der Waals surface area contributed by atoms with E-state index in [1.807, 2.05) is 16.8 Å². The van der Waals surface area contributed by atoms with Crippen LogP contribution in [0.4, 0.5) is 5.69 Å². The highest BCUT2D eigenvalue weighted by Crippen LogP contribution is 2.24. The number of nitrogens with zero attached hydrogens (tertiary/aromatic N) is 6. The van der Waals surface area contributed by atoms with Crippen LogP contribution in [0.2, 0.25) is 0 Å². The predicted molar refractivity (Wildman–Crippen MR) is 101 cm³/mol. The molecule has 10 heteroatoms. The quantitative estimate of drug-likeness (QED) is 0.563. The van der Waals surface area contributed by atoms with Gasteiger partial charge in [-0.05, 0) is 51.0 Å². The van der Waals surface area contributed by atoms with Crippen LogP contribution < -0.4 is 10.9 Å². The van der Waals surface area contributed by atoms with Gasteiger partial charge in [0.05, 0.1) is 29.7 Å². The van der Waals surface area contributed by atoms with E-state index in [1.54, 1.807) is 41.3 Å². The first-order chi connectivity index (χ1) is 13.1. The van der Waals surface area contributed by atoms with Gasteiger partial charge in [0.25, 0.3) is 5.56 Å². The summed E-state index contributed by atoms with van der Waals surface area (Å²) in [5.41, 5.74) is 1.92. The van der Waals surface area contributed by atoms with Crippen molar-refractivity contribution in [1.29, 1.82) is 0 Å². The van der Waals surface area contributed by atoms with Crippen molar-refractivity contribution in [1.82, 2.24) is 29.8 Å². The highest BCUT2D eigenvalue weighted by Gasteiger charge is 2.20. The number of tetrazole rings is 1. The van der Waals surface area contributed by atoms with Crippen molar-refractivity contribution >= 4 is 33.8 Å². The van der Waals surface area contributed by atoms with E-state index in [1.165, 1.54) is 17.2 Å². The largest absolute Gasteiger partial charge is 0.326 e. The SMILES string of the molecule is Cn1cnc2ccc(NC(=O)C[C@@H](c3ccsc3)n3cnnn3)cc2c1=O. The molecule has 1 aromatic carbocycles. The molecule has 0 aliphatic heterocycles. The van der Waals surface area contributed by atoms with Crippen LogP contribution in [0.3, 0.4) is 0 Å². The van der Waals surface area contributed by atoms with Crippen LogP contribution in [0.5, 0.6) is 0 Å². The van der Waals surface area contributed by atoms with E-state index in [0.29, 0.717) is 16.6 Å². The Kier molecular flexibility index (Phi) is 4.47. The molecule has 0 bridgehead atoms. The monoisotopic (exact) mass is 381 g/mol. The van der Waals surface area contributed by atoms with Crippen molar-refractivity contribution in [2.75, 3.05) is 5.32 Å². The van der Waals surface area contributed by atoms with Crippen LogP contribution in [0.1, 0.15) is 18.0 Å². The molecule has 0 aliphatic rings. The average Bonchev–Trinajstić information content (AvgIpc) is 3.37. The topological polar surface area (TPSA) is 108 Å². The van der Waals surface area contributed by atoms with Gasteiger partial charge in [-0.1, -0.05) is 0 Å². The smallest absolute Gasteiger partial charge is 0.260 e. The molecule has 3 heterocycles. The number of fused-ring (bicyclic) bond motifs is 1. The molecular formula is C17H15N7O2S. The molecular weight excluding hydrogens is 366 g/mol. The fraction of sp³-hybridized carbons (Fsp3) is 0.176. The zero-order valence-corrected chi connectivity index (χ0v) is 15.1. The molecule has 0 radical (unpaired) electrons. The van der Waals surface area contributed by atoms with Gasteiger partial charge >= 0.3 is 0 Å². The summed E-state index contributed by atoms with van der Waals surface area (Å²) >= 11 is 1.54. The van der Waals surface area contributed by atoms with E-state index in [0.717, 1.165) is 5.56 Å². The van der Waals surface area contributed by atoms with Crippen molar-refractivity contribution in [3.8, 4) is 0 Å². The van der Waals surface area contributed by atoms with Crippen molar-refractivity contribution in [2.24, 2.45) is 7.05 Å². The van der Waals surface area contributed by atoms with Gasteiger partial charge in [0.1, 0.15) is 6.33 Å². The van der Waals surface area contributed by atoms with Crippen molar-refractivity contribution in [3.05, 3.63) is 63.6 Å². The Morgan fingerprint density at radius 1 is 1.30 bits per heavy atom. The summed E-state index contributed by atoms with van der Waals surface area (Å²) in [6, 6.07) is 6.71. The lowest BCUT2D eigenvalue weighted by Gasteiger charge is -2.15. The molecule has 9 nitrogen and oxygen atoms in total. The molecule has 0 saturated heterocycles. The molecule has 0 aliphatic carbocycles. The molecule has 0 saturated carbocycles. The van der Waals surface area contributed by atoms with Crippen LogP contribution in [0, 0.1) is 0 Å². The minimum atomic E-state index is -0.304. The maximum atomic E-state index is 12.6. The van der Waals surface area contributed by atoms with Crippen LogP contribution in [0.25, 0.3) is 10.9 Å². The molecule has 0 fully saturated rings. The summed E-state index contributed by atoms with van der Waals surface area (Å²) in [7, 11) is 1.64. The molecule has 1 atom stereocenters. The van der Waals surface area contributed by atoms with Gasteiger partial charge in [-0.15, -0.1) is 5.10 Å². The van der Waals surface area contributed by atoms with Gasteiger partial charge < -0.3 is 9.88 Å². The lowest BCUT2D eigenvalue weighted by molar-refractivity contribution is -0.116. The van der Waals surface area contributed by atoms with Crippen LogP contribution in [0.15, 0.2) is 52.5 Å². The van der Waals surface area contributed by atoms with E-state index in [9.17, 15) is 9.59 Å². The molecule has 0 spiro atoms. The molecule has 136 valence electrons. The van der Waals surface area contributed by atoms with Crippen LogP contribution in [-0.2, 0) is 11.8 Å². The second-order valence-electron chi connectivity index (χ2n) is 6.01. The van der Waals surface area contributed by atoms with Gasteiger partial charge in [-0.2, -0.15) is 11.3 Å². The van der Waals surface area contributed by atoms with E-state index in [4.69, 9.17) is 0 Å². The average molecular weight is 381 g/mol. The molecule has 3 aromatic heterocycles. The van der Waals surface area contributed by atoms with E-state index >= 15 is 0 Å². The van der Waals surface area contributed by atoms with Crippen molar-refractivity contribution < 1.29 is 4.79 Å². The third-order valence-electron chi connectivity index (χ3n) is 4.19. The maximum absolute atomic E-state index is 12.6. The number of hydrogen-bond donors (Lipinski definition) is 1. The number of nitrogens with one attached hydrogen (secondary N) is 1. The summed E-state index contributed by atoms with van der Waals surface area (Å²) in [4.78, 5) is 29.1. The van der Waals surface area contributed by atoms with E-state index < -0.39 is 0 Å². The number of aromatic nitrogens is 6. The van der Waals surface area contributed by atoms with Crippen molar-refractivity contribution in [2.45, 2.75) is 12.5 Å². The number of carbonyl (C=O) groups excluding carboxylic acids is 1. The highest BCUT2D eigenvalue weighted by molar-refractivity contribution is 7.08. The number of carbonyl (C=O) groups is 1. The zero-order valence-electron chi connectivity index (χ0n) is 14.3. The highest BCUT2D eigenvalue weighted by atomic mass is 32.1. The first-order valence-corrected chi connectivity index (χ1v) is 9.06. The van der Waals surface area contributed by atoms with Gasteiger partial charge in [0, 0.05) is 12.7 Å². The van der Waals surface area contributed by atoms with Crippen molar-refractivity contribution in [3.63, 3.8) is 0 Å². The Morgan fingerprint density at radius 2 is 2.19 bits per heavy atom. The minimum absolute atomic E-state index is 0.158. The maximum Gasteiger partial charge on any atom is 0.260 e. The standard InChI is InChI=1S/C17H15N7O2S/c1-23-9-18-14-3-2-12(6-13(14)17(23)26)20-16(25)7-15(11-4-5-27-8-11)24-10-19-21-22-24/h2-6,8-10,15H,7H2,1H3,(H,20,25)/t15-/m0/s1. The second-order valence-corrected chi connectivity index (χ2v) is 6.79. The number of amides is 1. The van der Waals surface area contributed by atoms with Crippen LogP contribution in [-0.4, -0.2) is 35.7 Å². The number of rotatable bonds is 5. The van der Waals surface area contributed by atoms with E-state index in [2.05, 4.69) is 25.8 Å². The Labute approximate surface area is 157 Å². The van der Waals surface area contributed by atoms with Gasteiger partial charge in [0.15, 0.2) is 0 Å². The van der Waals surface area contributed by atoms with Crippen LogP contribution >= 0.6 is 11.3 Å². The first kappa shape index (κ1) is 17.0. The fourth-order valence-corrected chi connectivity index (χ4v) is 3.52. The van der Waals surface area contributed by atoms with Gasteiger partial charge in [-0.3, -0.25) is 9.59 Å². The molecule has 4 aromatic rings. The predicted octanol–water partition coefficient (Wildman–Crippen LogP) is 1.60. The Balaban J connectivity index is 1.57. The summed E-state index contributed by atoms with van der Waals surface area (Å²) in [6.07, 6.45) is 3.12. The minimum Gasteiger partial charge on any atom is -0.326 e. The molecule has 1 amide bonds. The molecule has 27 heavy (non-hydrogen) atoms. The fourth-order valence-electron chi connectivity index (χ4n) is 2.82. The first-order valence-electron chi connectivity index (χ1n) is 8.11.